The third-order valence-corrected chi connectivity index (χ3v) is 4.23. The summed E-state index contributed by atoms with van der Waals surface area (Å²) >= 11 is 0. The predicted octanol–water partition coefficient (Wildman–Crippen LogP) is 3.21. The first-order valence-corrected chi connectivity index (χ1v) is 7.56. The molecule has 0 spiro atoms. The summed E-state index contributed by atoms with van der Waals surface area (Å²) in [5.41, 5.74) is 2.41. The normalized spacial score (nSPS) is 16.7. The van der Waals surface area contributed by atoms with Gasteiger partial charge in [-0.25, -0.2) is 4.39 Å². The topological polar surface area (TPSA) is 15.3 Å². The zero-order chi connectivity index (χ0) is 14.7. The molecule has 3 heteroatoms. The molecule has 2 aromatic carbocycles. The highest BCUT2D eigenvalue weighted by molar-refractivity contribution is 5.32. The van der Waals surface area contributed by atoms with Crippen LogP contribution in [0.3, 0.4) is 0 Å². The van der Waals surface area contributed by atoms with E-state index >= 15 is 0 Å². The molecule has 1 aliphatic rings. The Hall–Kier alpha value is -1.71. The summed E-state index contributed by atoms with van der Waals surface area (Å²) in [4.78, 5) is 2.50. The molecular weight excluding hydrogens is 263 g/mol. The first kappa shape index (κ1) is 14.2. The molecule has 0 bridgehead atoms. The fourth-order valence-electron chi connectivity index (χ4n) is 3.02. The average Bonchev–Trinajstić information content (AvgIpc) is 2.47. The lowest BCUT2D eigenvalue weighted by atomic mass is 9.94. The number of hydrogen-bond acceptors (Lipinski definition) is 2. The van der Waals surface area contributed by atoms with Crippen molar-refractivity contribution in [2.24, 2.45) is 0 Å². The second kappa shape index (κ2) is 6.37. The van der Waals surface area contributed by atoms with Crippen molar-refractivity contribution in [2.75, 3.05) is 19.6 Å². The molecule has 0 aromatic heterocycles. The lowest BCUT2D eigenvalue weighted by Crippen LogP contribution is -2.58. The molecule has 2 nitrogen and oxygen atoms in total. The van der Waals surface area contributed by atoms with Crippen LogP contribution in [0.5, 0.6) is 0 Å². The molecule has 110 valence electrons. The molecule has 1 saturated heterocycles. The van der Waals surface area contributed by atoms with E-state index in [2.05, 4.69) is 41.4 Å². The van der Waals surface area contributed by atoms with Gasteiger partial charge in [0.15, 0.2) is 0 Å². The van der Waals surface area contributed by atoms with Gasteiger partial charge < -0.3 is 5.32 Å². The van der Waals surface area contributed by atoms with E-state index in [-0.39, 0.29) is 11.9 Å². The standard InChI is InChI=1S/C18H21FN2/c1-2-21(17-12-20-13-17)18(14-6-4-3-5-7-14)15-8-10-16(19)11-9-15/h3-11,17-18,20H,2,12-13H2,1H3. The zero-order valence-corrected chi connectivity index (χ0v) is 12.3. The van der Waals surface area contributed by atoms with Gasteiger partial charge in [-0.2, -0.15) is 0 Å². The number of rotatable bonds is 5. The van der Waals surface area contributed by atoms with Gasteiger partial charge in [-0.15, -0.1) is 0 Å². The van der Waals surface area contributed by atoms with Crippen LogP contribution >= 0.6 is 0 Å². The van der Waals surface area contributed by atoms with Crippen molar-refractivity contribution >= 4 is 0 Å². The van der Waals surface area contributed by atoms with Gasteiger partial charge >= 0.3 is 0 Å². The molecule has 1 fully saturated rings. The maximum absolute atomic E-state index is 13.2. The number of nitrogens with zero attached hydrogens (tertiary/aromatic N) is 1. The van der Waals surface area contributed by atoms with Crippen LogP contribution in [0.1, 0.15) is 24.1 Å². The Labute approximate surface area is 125 Å². The van der Waals surface area contributed by atoms with Gasteiger partial charge in [-0.1, -0.05) is 49.4 Å². The van der Waals surface area contributed by atoms with Crippen LogP contribution in [-0.2, 0) is 0 Å². The molecule has 1 unspecified atom stereocenters. The lowest BCUT2D eigenvalue weighted by molar-refractivity contribution is 0.119. The van der Waals surface area contributed by atoms with Crippen LogP contribution in [0.4, 0.5) is 4.39 Å². The number of nitrogens with one attached hydrogen (secondary N) is 1. The molecule has 0 aliphatic carbocycles. The Morgan fingerprint density at radius 3 is 2.19 bits per heavy atom. The quantitative estimate of drug-likeness (QED) is 0.907. The summed E-state index contributed by atoms with van der Waals surface area (Å²) in [6.07, 6.45) is 0. The van der Waals surface area contributed by atoms with E-state index in [1.807, 2.05) is 18.2 Å². The van der Waals surface area contributed by atoms with Gasteiger partial charge in [-0.3, -0.25) is 4.90 Å². The van der Waals surface area contributed by atoms with E-state index in [4.69, 9.17) is 0 Å². The minimum absolute atomic E-state index is 0.182. The highest BCUT2D eigenvalue weighted by atomic mass is 19.1. The molecule has 0 radical (unpaired) electrons. The van der Waals surface area contributed by atoms with Gasteiger partial charge in [0, 0.05) is 19.1 Å². The van der Waals surface area contributed by atoms with Crippen molar-refractivity contribution in [2.45, 2.75) is 19.0 Å². The zero-order valence-electron chi connectivity index (χ0n) is 12.3. The Bertz CT molecular complexity index is 564. The molecule has 1 heterocycles. The van der Waals surface area contributed by atoms with Gasteiger partial charge in [-0.05, 0) is 29.8 Å². The largest absolute Gasteiger partial charge is 0.314 e. The first-order chi connectivity index (χ1) is 10.3. The fourth-order valence-corrected chi connectivity index (χ4v) is 3.02. The minimum atomic E-state index is -0.182. The van der Waals surface area contributed by atoms with Crippen molar-refractivity contribution < 1.29 is 4.39 Å². The maximum atomic E-state index is 13.2. The van der Waals surface area contributed by atoms with E-state index in [1.165, 1.54) is 5.56 Å². The van der Waals surface area contributed by atoms with Gasteiger partial charge in [0.25, 0.3) is 0 Å². The van der Waals surface area contributed by atoms with Crippen LogP contribution in [0.15, 0.2) is 54.6 Å². The van der Waals surface area contributed by atoms with Crippen LogP contribution in [0.25, 0.3) is 0 Å². The van der Waals surface area contributed by atoms with Gasteiger partial charge in [0.05, 0.1) is 6.04 Å². The van der Waals surface area contributed by atoms with Crippen LogP contribution in [0, 0.1) is 5.82 Å². The number of likely N-dealkylation sites (N-methyl/N-ethyl adjacent to an activating group) is 1. The van der Waals surface area contributed by atoms with Crippen molar-refractivity contribution in [1.82, 2.24) is 10.2 Å². The van der Waals surface area contributed by atoms with Crippen LogP contribution in [0.2, 0.25) is 0 Å². The number of hydrogen-bond donors (Lipinski definition) is 1. The second-order valence-electron chi connectivity index (χ2n) is 5.51. The lowest BCUT2D eigenvalue weighted by Gasteiger charge is -2.43. The third kappa shape index (κ3) is 2.99. The van der Waals surface area contributed by atoms with Crippen molar-refractivity contribution in [3.8, 4) is 0 Å². The summed E-state index contributed by atoms with van der Waals surface area (Å²) in [7, 11) is 0. The summed E-state index contributed by atoms with van der Waals surface area (Å²) in [5, 5.41) is 3.34. The molecule has 1 atom stereocenters. The Balaban J connectivity index is 1.99. The molecule has 0 amide bonds. The van der Waals surface area contributed by atoms with E-state index in [0.29, 0.717) is 6.04 Å². The summed E-state index contributed by atoms with van der Waals surface area (Å²) in [6, 6.07) is 18.1. The SMILES string of the molecule is CCN(C1CNC1)C(c1ccccc1)c1ccc(F)cc1. The summed E-state index contributed by atoms with van der Waals surface area (Å²) in [6.45, 7) is 5.22. The Kier molecular flexibility index (Phi) is 4.32. The number of halogens is 1. The second-order valence-corrected chi connectivity index (χ2v) is 5.51. The molecule has 21 heavy (non-hydrogen) atoms. The van der Waals surface area contributed by atoms with E-state index in [0.717, 1.165) is 25.2 Å². The summed E-state index contributed by atoms with van der Waals surface area (Å²) < 4.78 is 13.2. The van der Waals surface area contributed by atoms with Gasteiger partial charge in [0.2, 0.25) is 0 Å². The molecule has 2 aromatic rings. The minimum Gasteiger partial charge on any atom is -0.314 e. The first-order valence-electron chi connectivity index (χ1n) is 7.56. The van der Waals surface area contributed by atoms with Crippen LogP contribution in [-0.4, -0.2) is 30.6 Å². The van der Waals surface area contributed by atoms with E-state index in [1.54, 1.807) is 12.1 Å². The van der Waals surface area contributed by atoms with Crippen molar-refractivity contribution in [1.29, 1.82) is 0 Å². The van der Waals surface area contributed by atoms with E-state index < -0.39 is 0 Å². The van der Waals surface area contributed by atoms with Crippen molar-refractivity contribution in [3.05, 3.63) is 71.5 Å². The maximum Gasteiger partial charge on any atom is 0.123 e. The molecular formula is C18H21FN2. The Morgan fingerprint density at radius 1 is 1.05 bits per heavy atom. The monoisotopic (exact) mass is 284 g/mol. The molecule has 3 rings (SSSR count). The van der Waals surface area contributed by atoms with Crippen molar-refractivity contribution in [3.63, 3.8) is 0 Å². The number of benzene rings is 2. The molecule has 1 N–H and O–H groups in total. The highest BCUT2D eigenvalue weighted by Gasteiger charge is 2.31. The summed E-state index contributed by atoms with van der Waals surface area (Å²) in [5.74, 6) is -0.182. The van der Waals surface area contributed by atoms with Gasteiger partial charge in [0.1, 0.15) is 5.82 Å². The molecule has 1 aliphatic heterocycles. The third-order valence-electron chi connectivity index (χ3n) is 4.23. The average molecular weight is 284 g/mol. The Morgan fingerprint density at radius 2 is 1.67 bits per heavy atom. The molecule has 0 saturated carbocycles. The van der Waals surface area contributed by atoms with E-state index in [9.17, 15) is 4.39 Å². The highest BCUT2D eigenvalue weighted by Crippen LogP contribution is 2.31. The smallest absolute Gasteiger partial charge is 0.123 e. The fraction of sp³-hybridized carbons (Fsp3) is 0.333. The van der Waals surface area contributed by atoms with Crippen LogP contribution < -0.4 is 5.32 Å². The predicted molar refractivity (Wildman–Crippen MR) is 83.7 cm³/mol.